The molecule has 1 saturated heterocycles. The zero-order chi connectivity index (χ0) is 18.8. The van der Waals surface area contributed by atoms with E-state index in [0.717, 1.165) is 6.07 Å². The van der Waals surface area contributed by atoms with Crippen LogP contribution in [0.15, 0.2) is 36.4 Å². The number of benzene rings is 2. The number of hydrogen-bond acceptors (Lipinski definition) is 3. The molecule has 0 radical (unpaired) electrons. The van der Waals surface area contributed by atoms with Gasteiger partial charge in [-0.3, -0.25) is 4.79 Å². The number of carbonyl (C=O) groups excluding carboxylic acids is 1. The van der Waals surface area contributed by atoms with Gasteiger partial charge in [0.2, 0.25) is 5.91 Å². The lowest BCUT2D eigenvalue weighted by molar-refractivity contribution is -0.126. The minimum absolute atomic E-state index is 0.000630. The summed E-state index contributed by atoms with van der Waals surface area (Å²) >= 11 is 6.14. The van der Waals surface area contributed by atoms with E-state index in [-0.39, 0.29) is 29.9 Å². The van der Waals surface area contributed by atoms with Crippen LogP contribution >= 0.6 is 11.6 Å². The number of likely N-dealkylation sites (N-methyl/N-ethyl adjacent to an activating group) is 1. The summed E-state index contributed by atoms with van der Waals surface area (Å²) in [6.07, 6.45) is 0.289. The van der Waals surface area contributed by atoms with Crippen molar-refractivity contribution >= 4 is 23.2 Å². The van der Waals surface area contributed by atoms with E-state index < -0.39 is 11.6 Å². The van der Waals surface area contributed by atoms with Gasteiger partial charge < -0.3 is 9.80 Å². The van der Waals surface area contributed by atoms with E-state index in [2.05, 4.69) is 0 Å². The molecule has 0 bridgehead atoms. The summed E-state index contributed by atoms with van der Waals surface area (Å²) < 4.78 is 27.3. The number of amides is 1. The molecule has 1 fully saturated rings. The van der Waals surface area contributed by atoms with Gasteiger partial charge in [0.05, 0.1) is 16.6 Å². The normalized spacial score (nSPS) is 16.7. The second-order valence-electron chi connectivity index (χ2n) is 6.27. The minimum atomic E-state index is -0.646. The zero-order valence-corrected chi connectivity index (χ0v) is 14.8. The highest BCUT2D eigenvalue weighted by Crippen LogP contribution is 2.29. The summed E-state index contributed by atoms with van der Waals surface area (Å²) in [6, 6.07) is 10.2. The topological polar surface area (TPSA) is 47.3 Å². The van der Waals surface area contributed by atoms with Gasteiger partial charge in [-0.25, -0.2) is 8.78 Å². The molecule has 1 atom stereocenters. The lowest BCUT2D eigenvalue weighted by Gasteiger charge is -2.31. The molecule has 134 valence electrons. The zero-order valence-electron chi connectivity index (χ0n) is 14.0. The predicted molar refractivity (Wildman–Crippen MR) is 94.8 cm³/mol. The van der Waals surface area contributed by atoms with E-state index in [4.69, 9.17) is 16.9 Å². The summed E-state index contributed by atoms with van der Waals surface area (Å²) in [5.41, 5.74) is 1.32. The fraction of sp³-hybridized carbons (Fsp3) is 0.263. The Morgan fingerprint density at radius 2 is 2.08 bits per heavy atom. The molecule has 3 rings (SSSR count). The number of nitrogens with zero attached hydrogens (tertiary/aromatic N) is 3. The van der Waals surface area contributed by atoms with Gasteiger partial charge in [-0.1, -0.05) is 17.7 Å². The third kappa shape index (κ3) is 3.63. The Morgan fingerprint density at radius 3 is 2.65 bits per heavy atom. The summed E-state index contributed by atoms with van der Waals surface area (Å²) in [5.74, 6) is -1.29. The van der Waals surface area contributed by atoms with Crippen molar-refractivity contribution in [2.24, 2.45) is 0 Å². The first-order valence-electron chi connectivity index (χ1n) is 8.03. The van der Waals surface area contributed by atoms with Crippen LogP contribution in [0.4, 0.5) is 14.5 Å². The molecular formula is C19H16ClF2N3O. The third-order valence-corrected chi connectivity index (χ3v) is 4.83. The molecule has 1 aliphatic rings. The summed E-state index contributed by atoms with van der Waals surface area (Å²) in [5, 5.41) is 9.33. The monoisotopic (exact) mass is 375 g/mol. The van der Waals surface area contributed by atoms with Crippen molar-refractivity contribution in [1.29, 1.82) is 5.26 Å². The van der Waals surface area contributed by atoms with E-state index in [1.807, 2.05) is 11.0 Å². The van der Waals surface area contributed by atoms with E-state index >= 15 is 0 Å². The van der Waals surface area contributed by atoms with Crippen LogP contribution in [-0.2, 0) is 11.3 Å². The number of carbonyl (C=O) groups is 1. The van der Waals surface area contributed by atoms with E-state index in [1.54, 1.807) is 30.1 Å². The average Bonchev–Trinajstić information content (AvgIpc) is 2.93. The Kier molecular flexibility index (Phi) is 5.10. The first kappa shape index (κ1) is 18.2. The number of hydrogen-bond donors (Lipinski definition) is 0. The van der Waals surface area contributed by atoms with Crippen LogP contribution in [0.2, 0.25) is 5.02 Å². The molecule has 0 spiro atoms. The van der Waals surface area contributed by atoms with Gasteiger partial charge in [0.1, 0.15) is 17.7 Å². The van der Waals surface area contributed by atoms with Crippen LogP contribution in [-0.4, -0.2) is 30.4 Å². The Bertz CT molecular complexity index is 897. The molecule has 2 aromatic carbocycles. The first-order valence-corrected chi connectivity index (χ1v) is 8.41. The molecule has 1 amide bonds. The molecule has 1 heterocycles. The van der Waals surface area contributed by atoms with Crippen molar-refractivity contribution in [2.75, 3.05) is 18.5 Å². The standard InChI is InChI=1S/C19H16ClF2N3O/c1-24-11-16(8-19(24)26)25(10-13-2-4-14(21)6-18(13)22)15-5-3-12(9-23)17(20)7-15/h2-7,16H,8,10-11H2,1H3/t16-/m0/s1. The van der Waals surface area contributed by atoms with Crippen molar-refractivity contribution in [3.05, 3.63) is 64.2 Å². The third-order valence-electron chi connectivity index (χ3n) is 4.52. The molecule has 2 aromatic rings. The number of rotatable bonds is 4. The number of halogens is 3. The van der Waals surface area contributed by atoms with Gasteiger partial charge in [0.25, 0.3) is 0 Å². The number of anilines is 1. The molecule has 1 aliphatic heterocycles. The van der Waals surface area contributed by atoms with Gasteiger partial charge in [0, 0.05) is 43.9 Å². The summed E-state index contributed by atoms with van der Waals surface area (Å²) in [6.45, 7) is 0.638. The van der Waals surface area contributed by atoms with Crippen LogP contribution in [0.5, 0.6) is 0 Å². The summed E-state index contributed by atoms with van der Waals surface area (Å²) in [4.78, 5) is 15.4. The largest absolute Gasteiger partial charge is 0.362 e. The molecule has 0 aromatic heterocycles. The van der Waals surface area contributed by atoms with Crippen molar-refractivity contribution in [2.45, 2.75) is 19.0 Å². The number of nitriles is 1. The lowest BCUT2D eigenvalue weighted by Crippen LogP contribution is -2.37. The van der Waals surface area contributed by atoms with Gasteiger partial charge in [0.15, 0.2) is 0 Å². The van der Waals surface area contributed by atoms with Crippen LogP contribution in [0.3, 0.4) is 0 Å². The average molecular weight is 376 g/mol. The molecule has 0 saturated carbocycles. The second-order valence-corrected chi connectivity index (χ2v) is 6.68. The highest BCUT2D eigenvalue weighted by atomic mass is 35.5. The summed E-state index contributed by atoms with van der Waals surface area (Å²) in [7, 11) is 1.71. The predicted octanol–water partition coefficient (Wildman–Crippen LogP) is 3.73. The fourth-order valence-corrected chi connectivity index (χ4v) is 3.30. The Labute approximate surface area is 155 Å². The molecule has 0 unspecified atom stereocenters. The van der Waals surface area contributed by atoms with E-state index in [0.29, 0.717) is 23.4 Å². The van der Waals surface area contributed by atoms with Crippen LogP contribution in [0, 0.1) is 23.0 Å². The van der Waals surface area contributed by atoms with Crippen LogP contribution in [0.25, 0.3) is 0 Å². The fourth-order valence-electron chi connectivity index (χ4n) is 3.09. The second kappa shape index (κ2) is 7.30. The van der Waals surface area contributed by atoms with Crippen molar-refractivity contribution in [3.8, 4) is 6.07 Å². The SMILES string of the molecule is CN1C[C@@H](N(Cc2ccc(F)cc2F)c2ccc(C#N)c(Cl)c2)CC1=O. The Hall–Kier alpha value is -2.65. The molecule has 26 heavy (non-hydrogen) atoms. The maximum absolute atomic E-state index is 14.2. The smallest absolute Gasteiger partial charge is 0.224 e. The molecule has 7 heteroatoms. The van der Waals surface area contributed by atoms with E-state index in [9.17, 15) is 13.6 Å². The molecule has 0 aliphatic carbocycles. The molecule has 4 nitrogen and oxygen atoms in total. The first-order chi connectivity index (χ1) is 12.4. The van der Waals surface area contributed by atoms with Crippen molar-refractivity contribution < 1.29 is 13.6 Å². The van der Waals surface area contributed by atoms with Crippen LogP contribution in [0.1, 0.15) is 17.5 Å². The van der Waals surface area contributed by atoms with Gasteiger partial charge in [-0.15, -0.1) is 0 Å². The molecule has 0 N–H and O–H groups in total. The van der Waals surface area contributed by atoms with Gasteiger partial charge >= 0.3 is 0 Å². The van der Waals surface area contributed by atoms with Gasteiger partial charge in [-0.05, 0) is 24.3 Å². The molecular weight excluding hydrogens is 360 g/mol. The van der Waals surface area contributed by atoms with E-state index in [1.165, 1.54) is 12.1 Å². The lowest BCUT2D eigenvalue weighted by atomic mass is 10.1. The maximum atomic E-state index is 14.2. The van der Waals surface area contributed by atoms with Gasteiger partial charge in [-0.2, -0.15) is 5.26 Å². The maximum Gasteiger partial charge on any atom is 0.224 e. The quantitative estimate of drug-likeness (QED) is 0.818. The number of likely N-dealkylation sites (tertiary alicyclic amines) is 1. The minimum Gasteiger partial charge on any atom is -0.362 e. The Balaban J connectivity index is 1.98. The van der Waals surface area contributed by atoms with Crippen molar-refractivity contribution in [1.82, 2.24) is 4.90 Å². The highest BCUT2D eigenvalue weighted by molar-refractivity contribution is 6.32. The highest BCUT2D eigenvalue weighted by Gasteiger charge is 2.32. The van der Waals surface area contributed by atoms with Crippen LogP contribution < -0.4 is 4.90 Å². The Morgan fingerprint density at radius 1 is 1.31 bits per heavy atom. The van der Waals surface area contributed by atoms with Crippen molar-refractivity contribution in [3.63, 3.8) is 0 Å².